The number of nitrogens with one attached hydrogen (secondary N) is 1. The SMILES string of the molecule is COc1cccc(-c2ccnc(N3CCC(NC(=O)c4ccc(-c5cccc(F)c5)nc4)CC3)n2)c1. The van der Waals surface area contributed by atoms with E-state index in [1.54, 1.807) is 37.6 Å². The number of hydrogen-bond donors (Lipinski definition) is 1. The van der Waals surface area contributed by atoms with E-state index in [0.717, 1.165) is 42.9 Å². The maximum atomic E-state index is 13.5. The van der Waals surface area contributed by atoms with Crippen LogP contribution in [0.4, 0.5) is 10.3 Å². The summed E-state index contributed by atoms with van der Waals surface area (Å²) in [5.41, 5.74) is 3.58. The van der Waals surface area contributed by atoms with Crippen LogP contribution in [0.25, 0.3) is 22.5 Å². The number of carbonyl (C=O) groups is 1. The lowest BCUT2D eigenvalue weighted by molar-refractivity contribution is 0.0930. The zero-order chi connectivity index (χ0) is 24.9. The summed E-state index contributed by atoms with van der Waals surface area (Å²) in [6.07, 6.45) is 4.87. The summed E-state index contributed by atoms with van der Waals surface area (Å²) >= 11 is 0. The molecule has 0 spiro atoms. The molecule has 0 atom stereocenters. The molecular formula is C28H26FN5O2. The second-order valence-corrected chi connectivity index (χ2v) is 8.65. The van der Waals surface area contributed by atoms with Gasteiger partial charge in [-0.2, -0.15) is 0 Å². The van der Waals surface area contributed by atoms with Crippen LogP contribution in [-0.4, -0.2) is 47.1 Å². The predicted octanol–water partition coefficient (Wildman–Crippen LogP) is 4.75. The van der Waals surface area contributed by atoms with Gasteiger partial charge in [0.2, 0.25) is 5.95 Å². The number of methoxy groups -OCH3 is 1. The third kappa shape index (κ3) is 5.33. The molecule has 0 bridgehead atoms. The van der Waals surface area contributed by atoms with Gasteiger partial charge in [-0.05, 0) is 55.3 Å². The van der Waals surface area contributed by atoms with E-state index in [4.69, 9.17) is 9.72 Å². The van der Waals surface area contributed by atoms with Crippen molar-refractivity contribution in [2.24, 2.45) is 0 Å². The van der Waals surface area contributed by atoms with Crippen molar-refractivity contribution in [3.8, 4) is 28.3 Å². The van der Waals surface area contributed by atoms with E-state index >= 15 is 0 Å². The van der Waals surface area contributed by atoms with Gasteiger partial charge in [0.25, 0.3) is 5.91 Å². The van der Waals surface area contributed by atoms with E-state index in [-0.39, 0.29) is 17.8 Å². The number of ether oxygens (including phenoxy) is 1. The molecule has 1 amide bonds. The smallest absolute Gasteiger partial charge is 0.253 e. The van der Waals surface area contributed by atoms with Gasteiger partial charge in [0.05, 0.1) is 24.1 Å². The summed E-state index contributed by atoms with van der Waals surface area (Å²) in [6, 6.07) is 19.4. The normalized spacial score (nSPS) is 13.9. The summed E-state index contributed by atoms with van der Waals surface area (Å²) in [5, 5.41) is 3.11. The molecule has 0 saturated carbocycles. The molecule has 1 aliphatic rings. The minimum absolute atomic E-state index is 0.0539. The topological polar surface area (TPSA) is 80.2 Å². The van der Waals surface area contributed by atoms with E-state index in [0.29, 0.717) is 22.8 Å². The Morgan fingerprint density at radius 3 is 2.47 bits per heavy atom. The number of hydrogen-bond acceptors (Lipinski definition) is 6. The number of carbonyl (C=O) groups excluding carboxylic acids is 1. The molecule has 3 heterocycles. The van der Waals surface area contributed by atoms with Crippen molar-refractivity contribution >= 4 is 11.9 Å². The maximum Gasteiger partial charge on any atom is 0.253 e. The van der Waals surface area contributed by atoms with Gasteiger partial charge in [-0.25, -0.2) is 14.4 Å². The van der Waals surface area contributed by atoms with Crippen LogP contribution in [-0.2, 0) is 0 Å². The van der Waals surface area contributed by atoms with Gasteiger partial charge in [-0.1, -0.05) is 24.3 Å². The fourth-order valence-corrected chi connectivity index (χ4v) is 4.28. The lowest BCUT2D eigenvalue weighted by Crippen LogP contribution is -2.45. The van der Waals surface area contributed by atoms with Gasteiger partial charge in [0, 0.05) is 42.7 Å². The summed E-state index contributed by atoms with van der Waals surface area (Å²) < 4.78 is 18.8. The monoisotopic (exact) mass is 483 g/mol. The molecule has 1 aliphatic heterocycles. The first-order valence-corrected chi connectivity index (χ1v) is 11.8. The maximum absolute atomic E-state index is 13.5. The number of halogens is 1. The van der Waals surface area contributed by atoms with E-state index < -0.39 is 0 Å². The molecule has 1 fully saturated rings. The quantitative estimate of drug-likeness (QED) is 0.426. The number of piperidine rings is 1. The van der Waals surface area contributed by atoms with Crippen molar-refractivity contribution in [2.75, 3.05) is 25.1 Å². The van der Waals surface area contributed by atoms with Crippen molar-refractivity contribution in [3.05, 3.63) is 90.5 Å². The van der Waals surface area contributed by atoms with Gasteiger partial charge < -0.3 is 15.0 Å². The first kappa shape index (κ1) is 23.4. The molecule has 182 valence electrons. The van der Waals surface area contributed by atoms with Crippen LogP contribution < -0.4 is 15.0 Å². The highest BCUT2D eigenvalue weighted by molar-refractivity contribution is 5.94. The van der Waals surface area contributed by atoms with Crippen LogP contribution in [0, 0.1) is 5.82 Å². The van der Waals surface area contributed by atoms with Gasteiger partial charge in [0.1, 0.15) is 11.6 Å². The molecule has 1 saturated heterocycles. The number of nitrogens with zero attached hydrogens (tertiary/aromatic N) is 4. The second-order valence-electron chi connectivity index (χ2n) is 8.65. The van der Waals surface area contributed by atoms with Crippen molar-refractivity contribution in [2.45, 2.75) is 18.9 Å². The average Bonchev–Trinajstić information content (AvgIpc) is 2.93. The van der Waals surface area contributed by atoms with Crippen LogP contribution in [0.2, 0.25) is 0 Å². The van der Waals surface area contributed by atoms with Crippen molar-refractivity contribution in [1.29, 1.82) is 0 Å². The van der Waals surface area contributed by atoms with Gasteiger partial charge in [-0.3, -0.25) is 9.78 Å². The van der Waals surface area contributed by atoms with Crippen molar-refractivity contribution in [3.63, 3.8) is 0 Å². The van der Waals surface area contributed by atoms with Gasteiger partial charge in [-0.15, -0.1) is 0 Å². The molecule has 5 rings (SSSR count). The predicted molar refractivity (Wildman–Crippen MR) is 136 cm³/mol. The molecule has 1 N–H and O–H groups in total. The van der Waals surface area contributed by atoms with E-state index in [1.165, 1.54) is 18.3 Å². The Morgan fingerprint density at radius 2 is 1.75 bits per heavy atom. The highest BCUT2D eigenvalue weighted by Gasteiger charge is 2.23. The number of pyridine rings is 1. The number of amides is 1. The van der Waals surface area contributed by atoms with Crippen LogP contribution in [0.15, 0.2) is 79.1 Å². The van der Waals surface area contributed by atoms with Crippen molar-refractivity contribution < 1.29 is 13.9 Å². The number of rotatable bonds is 6. The summed E-state index contributed by atoms with van der Waals surface area (Å²) in [7, 11) is 1.64. The van der Waals surface area contributed by atoms with E-state index in [1.807, 2.05) is 30.3 Å². The number of anilines is 1. The Bertz CT molecular complexity index is 1350. The van der Waals surface area contributed by atoms with Crippen LogP contribution in [0.3, 0.4) is 0 Å². The van der Waals surface area contributed by atoms with E-state index in [9.17, 15) is 9.18 Å². The molecule has 2 aromatic carbocycles. The first-order valence-electron chi connectivity index (χ1n) is 11.8. The van der Waals surface area contributed by atoms with Crippen LogP contribution in [0.1, 0.15) is 23.2 Å². The Hall–Kier alpha value is -4.33. The van der Waals surface area contributed by atoms with Crippen LogP contribution in [0.5, 0.6) is 5.75 Å². The highest BCUT2D eigenvalue weighted by atomic mass is 19.1. The molecule has 7 nitrogen and oxygen atoms in total. The minimum atomic E-state index is -0.320. The molecule has 0 unspecified atom stereocenters. The van der Waals surface area contributed by atoms with Crippen molar-refractivity contribution in [1.82, 2.24) is 20.3 Å². The molecular weight excluding hydrogens is 457 g/mol. The molecule has 2 aromatic heterocycles. The molecule has 36 heavy (non-hydrogen) atoms. The fourth-order valence-electron chi connectivity index (χ4n) is 4.28. The summed E-state index contributed by atoms with van der Waals surface area (Å²) in [4.78, 5) is 28.5. The van der Waals surface area contributed by atoms with Crippen LogP contribution >= 0.6 is 0 Å². The van der Waals surface area contributed by atoms with Gasteiger partial charge in [0.15, 0.2) is 0 Å². The molecule has 8 heteroatoms. The van der Waals surface area contributed by atoms with Gasteiger partial charge >= 0.3 is 0 Å². The Labute approximate surface area is 209 Å². The zero-order valence-corrected chi connectivity index (χ0v) is 19.9. The summed E-state index contributed by atoms with van der Waals surface area (Å²) in [6.45, 7) is 1.48. The fraction of sp³-hybridized carbons (Fsp3) is 0.214. The second kappa shape index (κ2) is 10.5. The Kier molecular flexibility index (Phi) is 6.84. The average molecular weight is 484 g/mol. The summed E-state index contributed by atoms with van der Waals surface area (Å²) in [5.74, 6) is 0.975. The third-order valence-electron chi connectivity index (χ3n) is 6.27. The molecule has 4 aromatic rings. The highest BCUT2D eigenvalue weighted by Crippen LogP contribution is 2.24. The minimum Gasteiger partial charge on any atom is -0.497 e. The van der Waals surface area contributed by atoms with E-state index in [2.05, 4.69) is 20.2 Å². The Morgan fingerprint density at radius 1 is 0.972 bits per heavy atom. The zero-order valence-electron chi connectivity index (χ0n) is 19.9. The number of aromatic nitrogens is 3. The standard InChI is InChI=1S/C28H26FN5O2/c1-36-24-7-3-5-20(17-24)26-10-13-30-28(33-26)34-14-11-23(12-15-34)32-27(35)21-8-9-25(31-18-21)19-4-2-6-22(29)16-19/h2-10,13,16-18,23H,11-12,14-15H2,1H3,(H,32,35). The number of benzene rings is 2. The third-order valence-corrected chi connectivity index (χ3v) is 6.27. The lowest BCUT2D eigenvalue weighted by Gasteiger charge is -2.32. The molecule has 0 aliphatic carbocycles. The first-order chi connectivity index (χ1) is 17.6. The Balaban J connectivity index is 1.18. The molecule has 0 radical (unpaired) electrons. The largest absolute Gasteiger partial charge is 0.497 e. The lowest BCUT2D eigenvalue weighted by atomic mass is 10.0.